The minimum atomic E-state index is -3.10. The summed E-state index contributed by atoms with van der Waals surface area (Å²) in [5.74, 6) is 0.954. The van der Waals surface area contributed by atoms with Gasteiger partial charge in [0, 0.05) is 32.4 Å². The molecule has 0 bridgehead atoms. The first-order valence-electron chi connectivity index (χ1n) is 7.61. The SMILES string of the molecule is CCS(=O)(=O)NCCCNC(=NC)N1CCc2ccccc21. The fraction of sp³-hybridized carbons (Fsp3) is 0.533. The summed E-state index contributed by atoms with van der Waals surface area (Å²) < 4.78 is 25.2. The van der Waals surface area contributed by atoms with Gasteiger partial charge in [0.15, 0.2) is 5.96 Å². The molecule has 0 aromatic heterocycles. The number of nitrogens with zero attached hydrogens (tertiary/aromatic N) is 2. The second kappa shape index (κ2) is 7.60. The van der Waals surface area contributed by atoms with Gasteiger partial charge in [-0.2, -0.15) is 0 Å². The van der Waals surface area contributed by atoms with Gasteiger partial charge in [0.2, 0.25) is 10.0 Å². The molecule has 0 saturated carbocycles. The van der Waals surface area contributed by atoms with Gasteiger partial charge in [0.1, 0.15) is 0 Å². The van der Waals surface area contributed by atoms with Crippen molar-refractivity contribution in [3.8, 4) is 0 Å². The van der Waals surface area contributed by atoms with Crippen LogP contribution in [0.1, 0.15) is 18.9 Å². The number of benzene rings is 1. The Kier molecular flexibility index (Phi) is 5.79. The number of para-hydroxylation sites is 1. The summed E-state index contributed by atoms with van der Waals surface area (Å²) in [6, 6.07) is 8.33. The molecule has 1 aliphatic rings. The van der Waals surface area contributed by atoms with Crippen LogP contribution in [-0.2, 0) is 16.4 Å². The fourth-order valence-electron chi connectivity index (χ4n) is 2.47. The second-order valence-electron chi connectivity index (χ2n) is 5.16. The molecule has 1 aromatic rings. The number of fused-ring (bicyclic) bond motifs is 1. The zero-order chi connectivity index (χ0) is 16.0. The van der Waals surface area contributed by atoms with E-state index in [-0.39, 0.29) is 5.75 Å². The molecule has 0 unspecified atom stereocenters. The van der Waals surface area contributed by atoms with E-state index >= 15 is 0 Å². The molecule has 1 heterocycles. The average Bonchev–Trinajstić information content (AvgIpc) is 2.95. The summed E-state index contributed by atoms with van der Waals surface area (Å²) in [4.78, 5) is 6.50. The van der Waals surface area contributed by atoms with Crippen LogP contribution in [0, 0.1) is 0 Å². The van der Waals surface area contributed by atoms with Gasteiger partial charge in [-0.25, -0.2) is 13.1 Å². The molecule has 0 fully saturated rings. The molecule has 0 saturated heterocycles. The van der Waals surface area contributed by atoms with Crippen LogP contribution in [0.5, 0.6) is 0 Å². The largest absolute Gasteiger partial charge is 0.356 e. The maximum atomic E-state index is 11.3. The average molecular weight is 324 g/mol. The second-order valence-corrected chi connectivity index (χ2v) is 7.25. The van der Waals surface area contributed by atoms with Gasteiger partial charge in [-0.05, 0) is 31.4 Å². The van der Waals surface area contributed by atoms with E-state index in [0.29, 0.717) is 19.5 Å². The van der Waals surface area contributed by atoms with Crippen LogP contribution in [0.4, 0.5) is 5.69 Å². The molecule has 6 nitrogen and oxygen atoms in total. The number of nitrogens with one attached hydrogen (secondary N) is 2. The van der Waals surface area contributed by atoms with Gasteiger partial charge in [0.05, 0.1) is 5.75 Å². The Morgan fingerprint density at radius 1 is 1.32 bits per heavy atom. The predicted molar refractivity (Wildman–Crippen MR) is 90.9 cm³/mol. The molecular weight excluding hydrogens is 300 g/mol. The monoisotopic (exact) mass is 324 g/mol. The fourth-order valence-corrected chi connectivity index (χ4v) is 3.13. The molecule has 0 amide bonds. The van der Waals surface area contributed by atoms with E-state index in [4.69, 9.17) is 0 Å². The molecule has 1 aliphatic heterocycles. The van der Waals surface area contributed by atoms with Gasteiger partial charge in [0.25, 0.3) is 0 Å². The molecule has 1 aromatic carbocycles. The number of guanidine groups is 1. The third-order valence-corrected chi connectivity index (χ3v) is 5.10. The van der Waals surface area contributed by atoms with Gasteiger partial charge in [-0.1, -0.05) is 18.2 Å². The van der Waals surface area contributed by atoms with Crippen molar-refractivity contribution in [2.45, 2.75) is 19.8 Å². The van der Waals surface area contributed by atoms with Crippen molar-refractivity contribution in [1.82, 2.24) is 10.0 Å². The van der Waals surface area contributed by atoms with E-state index in [0.717, 1.165) is 18.9 Å². The van der Waals surface area contributed by atoms with E-state index in [1.807, 2.05) is 6.07 Å². The Bertz CT molecular complexity index is 628. The van der Waals surface area contributed by atoms with Crippen LogP contribution < -0.4 is 14.9 Å². The van der Waals surface area contributed by atoms with Crippen molar-refractivity contribution in [3.05, 3.63) is 29.8 Å². The summed E-state index contributed by atoms with van der Waals surface area (Å²) in [5.41, 5.74) is 2.53. The van der Waals surface area contributed by atoms with Crippen molar-refractivity contribution < 1.29 is 8.42 Å². The van der Waals surface area contributed by atoms with Crippen molar-refractivity contribution in [2.75, 3.05) is 37.3 Å². The number of rotatable bonds is 6. The molecule has 0 atom stereocenters. The first-order chi connectivity index (χ1) is 10.6. The third kappa shape index (κ3) is 4.20. The number of aliphatic imine (C=N–C) groups is 1. The lowest BCUT2D eigenvalue weighted by Crippen LogP contribution is -2.41. The predicted octanol–water partition coefficient (Wildman–Crippen LogP) is 0.954. The normalized spacial score (nSPS) is 15.0. The third-order valence-electron chi connectivity index (χ3n) is 3.69. The number of sulfonamides is 1. The Morgan fingerprint density at radius 2 is 2.09 bits per heavy atom. The van der Waals surface area contributed by atoms with Crippen LogP contribution >= 0.6 is 0 Å². The Morgan fingerprint density at radius 3 is 2.82 bits per heavy atom. The minimum absolute atomic E-state index is 0.118. The Labute approximate surface area is 132 Å². The summed E-state index contributed by atoms with van der Waals surface area (Å²) in [6.45, 7) is 3.67. The van der Waals surface area contributed by atoms with Gasteiger partial charge in [-0.15, -0.1) is 0 Å². The Hall–Kier alpha value is -1.60. The highest BCUT2D eigenvalue weighted by Crippen LogP contribution is 2.27. The summed E-state index contributed by atoms with van der Waals surface area (Å²) in [5, 5.41) is 3.30. The van der Waals surface area contributed by atoms with Crippen molar-refractivity contribution in [3.63, 3.8) is 0 Å². The van der Waals surface area contributed by atoms with Crippen molar-refractivity contribution >= 4 is 21.7 Å². The van der Waals surface area contributed by atoms with Crippen molar-refractivity contribution in [2.24, 2.45) is 4.99 Å². The van der Waals surface area contributed by atoms with Crippen LogP contribution in [0.2, 0.25) is 0 Å². The number of anilines is 1. The van der Waals surface area contributed by atoms with Crippen LogP contribution in [0.15, 0.2) is 29.3 Å². The summed E-state index contributed by atoms with van der Waals surface area (Å²) >= 11 is 0. The molecule has 0 spiro atoms. The van der Waals surface area contributed by atoms with E-state index in [9.17, 15) is 8.42 Å². The highest BCUT2D eigenvalue weighted by atomic mass is 32.2. The maximum Gasteiger partial charge on any atom is 0.211 e. The summed E-state index contributed by atoms with van der Waals surface area (Å²) in [6.07, 6.45) is 1.74. The van der Waals surface area contributed by atoms with Gasteiger partial charge in [-0.3, -0.25) is 4.99 Å². The first kappa shape index (κ1) is 16.8. The lowest BCUT2D eigenvalue weighted by atomic mass is 10.2. The minimum Gasteiger partial charge on any atom is -0.356 e. The van der Waals surface area contributed by atoms with E-state index in [2.05, 4.69) is 38.1 Å². The molecule has 2 rings (SSSR count). The van der Waals surface area contributed by atoms with Crippen LogP contribution in [0.25, 0.3) is 0 Å². The van der Waals surface area contributed by atoms with Crippen LogP contribution in [-0.4, -0.2) is 46.8 Å². The molecule has 122 valence electrons. The summed E-state index contributed by atoms with van der Waals surface area (Å²) in [7, 11) is -1.33. The molecule has 7 heteroatoms. The zero-order valence-electron chi connectivity index (χ0n) is 13.2. The standard InChI is InChI=1S/C15H24N4O2S/c1-3-22(20,21)18-11-6-10-17-15(16-2)19-12-9-13-7-4-5-8-14(13)19/h4-5,7-8,18H,3,6,9-12H2,1-2H3,(H,16,17). The number of hydrogen-bond acceptors (Lipinski definition) is 3. The van der Waals surface area contributed by atoms with E-state index in [1.165, 1.54) is 11.3 Å². The molecule has 0 radical (unpaired) electrons. The molecule has 22 heavy (non-hydrogen) atoms. The smallest absolute Gasteiger partial charge is 0.211 e. The van der Waals surface area contributed by atoms with Gasteiger partial charge < -0.3 is 10.2 Å². The van der Waals surface area contributed by atoms with Gasteiger partial charge >= 0.3 is 0 Å². The molecule has 2 N–H and O–H groups in total. The maximum absolute atomic E-state index is 11.3. The highest BCUT2D eigenvalue weighted by molar-refractivity contribution is 7.89. The quantitative estimate of drug-likeness (QED) is 0.464. The first-order valence-corrected chi connectivity index (χ1v) is 9.26. The van der Waals surface area contributed by atoms with E-state index < -0.39 is 10.0 Å². The van der Waals surface area contributed by atoms with Crippen molar-refractivity contribution in [1.29, 1.82) is 0 Å². The highest BCUT2D eigenvalue weighted by Gasteiger charge is 2.21. The lowest BCUT2D eigenvalue weighted by molar-refractivity contribution is 0.579. The number of hydrogen-bond donors (Lipinski definition) is 2. The topological polar surface area (TPSA) is 73.8 Å². The lowest BCUT2D eigenvalue weighted by Gasteiger charge is -2.22. The Balaban J connectivity index is 1.82. The van der Waals surface area contributed by atoms with E-state index in [1.54, 1.807) is 14.0 Å². The zero-order valence-corrected chi connectivity index (χ0v) is 14.0. The molecule has 0 aliphatic carbocycles. The molecular formula is C15H24N4O2S. The van der Waals surface area contributed by atoms with Crippen LogP contribution in [0.3, 0.4) is 0 Å².